The number of fused-ring (bicyclic) bond motifs is 1. The highest BCUT2D eigenvalue weighted by Crippen LogP contribution is 2.32. The molecule has 0 spiro atoms. The number of aromatic nitrogens is 1. The SMILES string of the molecule is COc1ccc2nc(N(Cc3ccccc3)C(=O)CCS(=O)(=O)Cc3ccccc3)sc2c1. The zero-order valence-electron chi connectivity index (χ0n) is 18.2. The van der Waals surface area contributed by atoms with Crippen LogP contribution in [0.1, 0.15) is 17.5 Å². The molecule has 0 unspecified atom stereocenters. The molecule has 0 saturated carbocycles. The summed E-state index contributed by atoms with van der Waals surface area (Å²) in [6.45, 7) is 0.315. The first-order valence-electron chi connectivity index (χ1n) is 10.5. The molecule has 0 saturated heterocycles. The van der Waals surface area contributed by atoms with E-state index in [-0.39, 0.29) is 23.8 Å². The monoisotopic (exact) mass is 480 g/mol. The van der Waals surface area contributed by atoms with Crippen LogP contribution in [0.25, 0.3) is 10.2 Å². The Morgan fingerprint density at radius 3 is 2.30 bits per heavy atom. The average Bonchev–Trinajstić information content (AvgIpc) is 3.25. The van der Waals surface area contributed by atoms with E-state index in [0.717, 1.165) is 15.8 Å². The average molecular weight is 481 g/mol. The van der Waals surface area contributed by atoms with Gasteiger partial charge in [-0.15, -0.1) is 0 Å². The third-order valence-electron chi connectivity index (χ3n) is 5.16. The topological polar surface area (TPSA) is 76.6 Å². The van der Waals surface area contributed by atoms with Gasteiger partial charge in [0.15, 0.2) is 15.0 Å². The van der Waals surface area contributed by atoms with Crippen molar-refractivity contribution >= 4 is 42.4 Å². The molecule has 0 radical (unpaired) electrons. The van der Waals surface area contributed by atoms with Gasteiger partial charge in [0.1, 0.15) is 5.75 Å². The zero-order valence-corrected chi connectivity index (χ0v) is 19.8. The minimum Gasteiger partial charge on any atom is -0.497 e. The molecule has 8 heteroatoms. The lowest BCUT2D eigenvalue weighted by Crippen LogP contribution is -2.31. The molecular weight excluding hydrogens is 456 g/mol. The van der Waals surface area contributed by atoms with Crippen LogP contribution in [0, 0.1) is 0 Å². The Morgan fingerprint density at radius 2 is 1.64 bits per heavy atom. The first-order valence-corrected chi connectivity index (χ1v) is 13.1. The molecule has 0 aliphatic rings. The number of hydrogen-bond donors (Lipinski definition) is 0. The van der Waals surface area contributed by atoms with Gasteiger partial charge in [-0.2, -0.15) is 0 Å². The number of amides is 1. The predicted octanol–water partition coefficient (Wildman–Crippen LogP) is 4.84. The van der Waals surface area contributed by atoms with Gasteiger partial charge in [0.2, 0.25) is 5.91 Å². The van der Waals surface area contributed by atoms with Gasteiger partial charge in [-0.05, 0) is 29.3 Å². The first kappa shape index (κ1) is 22.9. The minimum absolute atomic E-state index is 0.0826. The largest absolute Gasteiger partial charge is 0.497 e. The van der Waals surface area contributed by atoms with Crippen molar-refractivity contribution in [1.82, 2.24) is 4.98 Å². The van der Waals surface area contributed by atoms with E-state index in [0.29, 0.717) is 23.0 Å². The molecular formula is C25H24N2O4S2. The van der Waals surface area contributed by atoms with Crippen molar-refractivity contribution in [2.24, 2.45) is 0 Å². The molecule has 0 N–H and O–H groups in total. The van der Waals surface area contributed by atoms with E-state index in [2.05, 4.69) is 4.98 Å². The van der Waals surface area contributed by atoms with Gasteiger partial charge in [-0.1, -0.05) is 72.0 Å². The van der Waals surface area contributed by atoms with Crippen molar-refractivity contribution in [2.75, 3.05) is 17.8 Å². The number of anilines is 1. The van der Waals surface area contributed by atoms with Crippen molar-refractivity contribution in [1.29, 1.82) is 0 Å². The summed E-state index contributed by atoms with van der Waals surface area (Å²) in [5.74, 6) is 0.137. The molecule has 170 valence electrons. The van der Waals surface area contributed by atoms with E-state index < -0.39 is 9.84 Å². The Balaban J connectivity index is 1.56. The molecule has 3 aromatic carbocycles. The summed E-state index contributed by atoms with van der Waals surface area (Å²) in [5.41, 5.74) is 2.42. The van der Waals surface area contributed by atoms with Crippen LogP contribution in [0.2, 0.25) is 0 Å². The maximum Gasteiger partial charge on any atom is 0.230 e. The quantitative estimate of drug-likeness (QED) is 0.343. The van der Waals surface area contributed by atoms with E-state index in [1.165, 1.54) is 11.3 Å². The Morgan fingerprint density at radius 1 is 0.970 bits per heavy atom. The highest BCUT2D eigenvalue weighted by molar-refractivity contribution is 7.90. The molecule has 0 aliphatic heterocycles. The van der Waals surface area contributed by atoms with Gasteiger partial charge in [0, 0.05) is 6.42 Å². The van der Waals surface area contributed by atoms with Crippen LogP contribution < -0.4 is 9.64 Å². The molecule has 1 heterocycles. The van der Waals surface area contributed by atoms with Crippen molar-refractivity contribution in [3.63, 3.8) is 0 Å². The Bertz CT molecular complexity index is 1340. The fraction of sp³-hybridized carbons (Fsp3) is 0.200. The van der Waals surface area contributed by atoms with Gasteiger partial charge in [-0.3, -0.25) is 9.69 Å². The van der Waals surface area contributed by atoms with Crippen LogP contribution in [-0.4, -0.2) is 32.2 Å². The van der Waals surface area contributed by atoms with Crippen molar-refractivity contribution < 1.29 is 17.9 Å². The summed E-state index contributed by atoms with van der Waals surface area (Å²) in [6, 6.07) is 24.2. The second kappa shape index (κ2) is 10.1. The molecule has 0 aliphatic carbocycles. The van der Waals surface area contributed by atoms with Crippen LogP contribution in [0.3, 0.4) is 0 Å². The smallest absolute Gasteiger partial charge is 0.230 e. The molecule has 4 rings (SSSR count). The van der Waals surface area contributed by atoms with Crippen LogP contribution in [0.15, 0.2) is 78.9 Å². The van der Waals surface area contributed by atoms with Crippen molar-refractivity contribution in [2.45, 2.75) is 18.7 Å². The summed E-state index contributed by atoms with van der Waals surface area (Å²) in [7, 11) is -1.83. The predicted molar refractivity (Wildman–Crippen MR) is 132 cm³/mol. The van der Waals surface area contributed by atoms with Crippen molar-refractivity contribution in [3.8, 4) is 5.75 Å². The first-order chi connectivity index (χ1) is 15.9. The highest BCUT2D eigenvalue weighted by Gasteiger charge is 2.23. The molecule has 1 aromatic heterocycles. The summed E-state index contributed by atoms with van der Waals surface area (Å²) in [4.78, 5) is 19.5. The van der Waals surface area contributed by atoms with E-state index in [1.807, 2.05) is 54.6 Å². The lowest BCUT2D eigenvalue weighted by atomic mass is 10.2. The van der Waals surface area contributed by atoms with Gasteiger partial charge in [0.05, 0.1) is 35.4 Å². The number of carbonyl (C=O) groups excluding carboxylic acids is 1. The number of sulfone groups is 1. The number of nitrogens with zero attached hydrogens (tertiary/aromatic N) is 2. The van der Waals surface area contributed by atoms with Crippen LogP contribution in [-0.2, 0) is 26.9 Å². The summed E-state index contributed by atoms with van der Waals surface area (Å²) < 4.78 is 31.5. The standard InChI is InChI=1S/C25H24N2O4S2/c1-31-21-12-13-22-23(16-21)32-25(26-22)27(17-19-8-4-2-5-9-19)24(28)14-15-33(29,30)18-20-10-6-3-7-11-20/h2-13,16H,14-15,17-18H2,1H3. The Hall–Kier alpha value is -3.23. The number of methoxy groups -OCH3 is 1. The molecule has 1 amide bonds. The molecule has 6 nitrogen and oxygen atoms in total. The van der Waals surface area contributed by atoms with E-state index >= 15 is 0 Å². The van der Waals surface area contributed by atoms with Crippen LogP contribution in [0.5, 0.6) is 5.75 Å². The van der Waals surface area contributed by atoms with Gasteiger partial charge in [0.25, 0.3) is 0 Å². The minimum atomic E-state index is -3.43. The second-order valence-corrected chi connectivity index (χ2v) is 10.8. The third kappa shape index (κ3) is 5.97. The molecule has 0 bridgehead atoms. The van der Waals surface area contributed by atoms with E-state index in [9.17, 15) is 13.2 Å². The summed E-state index contributed by atoms with van der Waals surface area (Å²) >= 11 is 1.38. The fourth-order valence-electron chi connectivity index (χ4n) is 3.44. The number of thiazole rings is 1. The molecule has 0 atom stereocenters. The zero-order chi connectivity index (χ0) is 23.3. The highest BCUT2D eigenvalue weighted by atomic mass is 32.2. The number of carbonyl (C=O) groups is 1. The number of hydrogen-bond acceptors (Lipinski definition) is 6. The maximum absolute atomic E-state index is 13.3. The lowest BCUT2D eigenvalue weighted by molar-refractivity contribution is -0.118. The van der Waals surface area contributed by atoms with Gasteiger partial charge in [-0.25, -0.2) is 13.4 Å². The van der Waals surface area contributed by atoms with Gasteiger partial charge < -0.3 is 4.74 Å². The van der Waals surface area contributed by atoms with E-state index in [4.69, 9.17) is 4.74 Å². The Labute approximate surface area is 197 Å². The lowest BCUT2D eigenvalue weighted by Gasteiger charge is -2.20. The third-order valence-corrected chi connectivity index (χ3v) is 7.80. The maximum atomic E-state index is 13.3. The normalized spacial score (nSPS) is 11.4. The van der Waals surface area contributed by atoms with E-state index in [1.54, 1.807) is 36.3 Å². The summed E-state index contributed by atoms with van der Waals surface area (Å²) in [6.07, 6.45) is -0.110. The van der Waals surface area contributed by atoms with Crippen molar-refractivity contribution in [3.05, 3.63) is 90.0 Å². The number of ether oxygens (including phenoxy) is 1. The number of rotatable bonds is 9. The van der Waals surface area contributed by atoms with Crippen LogP contribution >= 0.6 is 11.3 Å². The summed E-state index contributed by atoms with van der Waals surface area (Å²) in [5, 5.41) is 0.535. The number of benzene rings is 3. The fourth-order valence-corrected chi connectivity index (χ4v) is 5.78. The molecule has 4 aromatic rings. The molecule has 0 fully saturated rings. The second-order valence-electron chi connectivity index (χ2n) is 7.62. The Kier molecular flexibility index (Phi) is 7.05. The van der Waals surface area contributed by atoms with Gasteiger partial charge >= 0.3 is 0 Å². The van der Waals surface area contributed by atoms with Crippen LogP contribution in [0.4, 0.5) is 5.13 Å². The molecule has 33 heavy (non-hydrogen) atoms.